The molecule has 17 heavy (non-hydrogen) atoms. The maximum absolute atomic E-state index is 5.75. The summed E-state index contributed by atoms with van der Waals surface area (Å²) in [4.78, 5) is 0. The van der Waals surface area contributed by atoms with E-state index in [1.807, 2.05) is 7.11 Å². The third kappa shape index (κ3) is 6.42. The van der Waals surface area contributed by atoms with Crippen molar-refractivity contribution in [1.82, 2.24) is 5.32 Å². The molecule has 0 aliphatic rings. The SMILES string of the molecule is CCCNC(CCC(C)(C)C)C(C)(CC)OC. The molecule has 2 heteroatoms. The van der Waals surface area contributed by atoms with E-state index in [0.29, 0.717) is 11.5 Å². The summed E-state index contributed by atoms with van der Waals surface area (Å²) in [7, 11) is 1.83. The topological polar surface area (TPSA) is 21.3 Å². The number of hydrogen-bond donors (Lipinski definition) is 1. The van der Waals surface area contributed by atoms with Crippen LogP contribution in [0.5, 0.6) is 0 Å². The first kappa shape index (κ1) is 16.9. The average Bonchev–Trinajstić information content (AvgIpc) is 2.27. The smallest absolute Gasteiger partial charge is 0.0800 e. The summed E-state index contributed by atoms with van der Waals surface area (Å²) >= 11 is 0. The Balaban J connectivity index is 4.51. The van der Waals surface area contributed by atoms with Crippen LogP contribution in [0, 0.1) is 5.41 Å². The molecule has 2 nitrogen and oxygen atoms in total. The van der Waals surface area contributed by atoms with E-state index in [9.17, 15) is 0 Å². The van der Waals surface area contributed by atoms with Gasteiger partial charge in [0, 0.05) is 13.2 Å². The van der Waals surface area contributed by atoms with E-state index in [-0.39, 0.29) is 5.60 Å². The molecule has 0 aliphatic carbocycles. The Morgan fingerprint density at radius 1 is 1.12 bits per heavy atom. The second-order valence-electron chi connectivity index (χ2n) is 6.48. The minimum Gasteiger partial charge on any atom is -0.377 e. The molecule has 0 spiro atoms. The van der Waals surface area contributed by atoms with Crippen molar-refractivity contribution < 1.29 is 4.74 Å². The van der Waals surface area contributed by atoms with E-state index in [1.54, 1.807) is 0 Å². The van der Waals surface area contributed by atoms with Gasteiger partial charge in [-0.05, 0) is 44.6 Å². The molecule has 0 aromatic rings. The maximum Gasteiger partial charge on any atom is 0.0800 e. The molecule has 0 radical (unpaired) electrons. The summed E-state index contributed by atoms with van der Waals surface area (Å²) in [5, 5.41) is 3.66. The molecule has 0 saturated heterocycles. The summed E-state index contributed by atoms with van der Waals surface area (Å²) in [6.45, 7) is 14.6. The molecule has 0 aromatic heterocycles. The van der Waals surface area contributed by atoms with Gasteiger partial charge < -0.3 is 10.1 Å². The van der Waals surface area contributed by atoms with Crippen LogP contribution in [0.25, 0.3) is 0 Å². The van der Waals surface area contributed by atoms with E-state index in [4.69, 9.17) is 4.74 Å². The number of ether oxygens (including phenoxy) is 1. The average molecular weight is 243 g/mol. The molecule has 0 heterocycles. The van der Waals surface area contributed by atoms with Crippen LogP contribution >= 0.6 is 0 Å². The number of methoxy groups -OCH3 is 1. The second kappa shape index (κ2) is 7.38. The summed E-state index contributed by atoms with van der Waals surface area (Å²) in [5.74, 6) is 0. The van der Waals surface area contributed by atoms with Crippen LogP contribution in [0.2, 0.25) is 0 Å². The van der Waals surface area contributed by atoms with Gasteiger partial charge in [-0.25, -0.2) is 0 Å². The lowest BCUT2D eigenvalue weighted by Gasteiger charge is -2.38. The fourth-order valence-electron chi connectivity index (χ4n) is 2.05. The Labute approximate surface area is 109 Å². The van der Waals surface area contributed by atoms with Gasteiger partial charge in [-0.15, -0.1) is 0 Å². The van der Waals surface area contributed by atoms with E-state index >= 15 is 0 Å². The highest BCUT2D eigenvalue weighted by Gasteiger charge is 2.32. The Hall–Kier alpha value is -0.0800. The molecule has 0 rings (SSSR count). The normalized spacial score (nSPS) is 17.8. The minimum atomic E-state index is -0.0413. The van der Waals surface area contributed by atoms with Crippen molar-refractivity contribution in [3.05, 3.63) is 0 Å². The molecule has 0 aliphatic heterocycles. The van der Waals surface area contributed by atoms with Gasteiger partial charge in [0.2, 0.25) is 0 Å². The lowest BCUT2D eigenvalue weighted by atomic mass is 9.83. The van der Waals surface area contributed by atoms with Crippen molar-refractivity contribution in [3.8, 4) is 0 Å². The quantitative estimate of drug-likeness (QED) is 0.696. The van der Waals surface area contributed by atoms with Gasteiger partial charge in [0.25, 0.3) is 0 Å². The molecule has 1 N–H and O–H groups in total. The lowest BCUT2D eigenvalue weighted by molar-refractivity contribution is -0.0333. The molecule has 2 unspecified atom stereocenters. The zero-order chi connectivity index (χ0) is 13.5. The zero-order valence-corrected chi connectivity index (χ0v) is 13.0. The Morgan fingerprint density at radius 2 is 1.71 bits per heavy atom. The third-order valence-electron chi connectivity index (χ3n) is 3.73. The third-order valence-corrected chi connectivity index (χ3v) is 3.73. The zero-order valence-electron chi connectivity index (χ0n) is 13.0. The summed E-state index contributed by atoms with van der Waals surface area (Å²) in [6, 6.07) is 0.455. The fourth-order valence-corrected chi connectivity index (χ4v) is 2.05. The van der Waals surface area contributed by atoms with Crippen molar-refractivity contribution in [1.29, 1.82) is 0 Å². The van der Waals surface area contributed by atoms with E-state index in [2.05, 4.69) is 46.9 Å². The van der Waals surface area contributed by atoms with Gasteiger partial charge in [-0.3, -0.25) is 0 Å². The van der Waals surface area contributed by atoms with Crippen LogP contribution in [0.1, 0.15) is 67.2 Å². The molecule has 2 atom stereocenters. The fraction of sp³-hybridized carbons (Fsp3) is 1.00. The predicted molar refractivity (Wildman–Crippen MR) is 76.5 cm³/mol. The van der Waals surface area contributed by atoms with Gasteiger partial charge in [-0.2, -0.15) is 0 Å². The Kier molecular flexibility index (Phi) is 7.34. The van der Waals surface area contributed by atoms with E-state index in [1.165, 1.54) is 19.3 Å². The van der Waals surface area contributed by atoms with Crippen molar-refractivity contribution in [2.45, 2.75) is 78.9 Å². The summed E-state index contributed by atoms with van der Waals surface area (Å²) in [5.41, 5.74) is 0.356. The molecular formula is C15H33NO. The van der Waals surface area contributed by atoms with Crippen LogP contribution in [-0.4, -0.2) is 25.3 Å². The van der Waals surface area contributed by atoms with E-state index < -0.39 is 0 Å². The maximum atomic E-state index is 5.75. The molecular weight excluding hydrogens is 210 g/mol. The lowest BCUT2D eigenvalue weighted by Crippen LogP contribution is -2.50. The first-order valence-corrected chi connectivity index (χ1v) is 7.07. The molecule has 0 saturated carbocycles. The minimum absolute atomic E-state index is 0.0413. The van der Waals surface area contributed by atoms with Crippen LogP contribution < -0.4 is 5.32 Å². The van der Waals surface area contributed by atoms with Crippen LogP contribution in [0.15, 0.2) is 0 Å². The highest BCUT2D eigenvalue weighted by Crippen LogP contribution is 2.28. The van der Waals surface area contributed by atoms with Crippen LogP contribution in [0.3, 0.4) is 0 Å². The molecule has 0 amide bonds. The first-order valence-electron chi connectivity index (χ1n) is 7.07. The number of nitrogens with one attached hydrogen (secondary N) is 1. The Morgan fingerprint density at radius 3 is 2.06 bits per heavy atom. The highest BCUT2D eigenvalue weighted by atomic mass is 16.5. The van der Waals surface area contributed by atoms with E-state index in [0.717, 1.165) is 13.0 Å². The van der Waals surface area contributed by atoms with Crippen molar-refractivity contribution in [3.63, 3.8) is 0 Å². The summed E-state index contributed by atoms with van der Waals surface area (Å²) in [6.07, 6.45) is 4.64. The first-order chi connectivity index (χ1) is 7.79. The van der Waals surface area contributed by atoms with Gasteiger partial charge in [0.15, 0.2) is 0 Å². The molecule has 104 valence electrons. The van der Waals surface area contributed by atoms with Gasteiger partial charge in [0.1, 0.15) is 0 Å². The second-order valence-corrected chi connectivity index (χ2v) is 6.48. The van der Waals surface area contributed by atoms with Gasteiger partial charge in [-0.1, -0.05) is 34.6 Å². The summed E-state index contributed by atoms with van der Waals surface area (Å²) < 4.78 is 5.75. The highest BCUT2D eigenvalue weighted by molar-refractivity contribution is 4.89. The molecule has 0 aromatic carbocycles. The standard InChI is InChI=1S/C15H33NO/c1-8-12-16-13(10-11-14(3,4)5)15(6,9-2)17-7/h13,16H,8-12H2,1-7H3. The number of rotatable bonds is 8. The van der Waals surface area contributed by atoms with Crippen LogP contribution in [0.4, 0.5) is 0 Å². The van der Waals surface area contributed by atoms with Crippen molar-refractivity contribution >= 4 is 0 Å². The predicted octanol–water partition coefficient (Wildman–Crippen LogP) is 4.00. The monoisotopic (exact) mass is 243 g/mol. The molecule has 0 fully saturated rings. The van der Waals surface area contributed by atoms with Gasteiger partial charge in [0.05, 0.1) is 5.60 Å². The van der Waals surface area contributed by atoms with Crippen molar-refractivity contribution in [2.24, 2.45) is 5.41 Å². The van der Waals surface area contributed by atoms with Gasteiger partial charge >= 0.3 is 0 Å². The number of hydrogen-bond acceptors (Lipinski definition) is 2. The largest absolute Gasteiger partial charge is 0.377 e. The Bertz CT molecular complexity index is 192. The molecule has 0 bridgehead atoms. The van der Waals surface area contributed by atoms with Crippen molar-refractivity contribution in [2.75, 3.05) is 13.7 Å². The van der Waals surface area contributed by atoms with Crippen LogP contribution in [-0.2, 0) is 4.74 Å².